The second-order valence-electron chi connectivity index (χ2n) is 8.24. The molecule has 4 saturated carbocycles. The van der Waals surface area contributed by atoms with E-state index in [2.05, 4.69) is 15.6 Å². The summed E-state index contributed by atoms with van der Waals surface area (Å²) in [4.78, 5) is 28.8. The highest BCUT2D eigenvalue weighted by atomic mass is 16.2. The fraction of sp³-hybridized carbons (Fsp3) is 0.632. The van der Waals surface area contributed by atoms with Gasteiger partial charge in [0.1, 0.15) is 0 Å². The van der Waals surface area contributed by atoms with Crippen LogP contribution in [0.3, 0.4) is 0 Å². The Morgan fingerprint density at radius 3 is 2.46 bits per heavy atom. The fourth-order valence-electron chi connectivity index (χ4n) is 5.92. The topological polar surface area (TPSA) is 71.1 Å². The first-order chi connectivity index (χ1) is 11.5. The van der Waals surface area contributed by atoms with Crippen LogP contribution in [0.4, 0.5) is 0 Å². The monoisotopic (exact) mass is 327 g/mol. The van der Waals surface area contributed by atoms with Crippen LogP contribution in [0.5, 0.6) is 0 Å². The van der Waals surface area contributed by atoms with Gasteiger partial charge in [0.05, 0.1) is 5.41 Å². The minimum atomic E-state index is -0.292. The van der Waals surface area contributed by atoms with Crippen molar-refractivity contribution >= 4 is 11.8 Å². The maximum absolute atomic E-state index is 13.1. The number of amides is 2. The lowest BCUT2D eigenvalue weighted by molar-refractivity contribution is -0.153. The molecule has 2 N–H and O–H groups in total. The van der Waals surface area contributed by atoms with E-state index in [4.69, 9.17) is 0 Å². The third-order valence-electron chi connectivity index (χ3n) is 6.19. The number of rotatable bonds is 4. The average molecular weight is 327 g/mol. The van der Waals surface area contributed by atoms with E-state index in [1.165, 1.54) is 6.42 Å². The molecule has 4 aliphatic carbocycles. The van der Waals surface area contributed by atoms with Gasteiger partial charge in [-0.3, -0.25) is 14.6 Å². The lowest BCUT2D eigenvalue weighted by atomic mass is 9.46. The number of hydrogen-bond donors (Lipinski definition) is 2. The van der Waals surface area contributed by atoms with Crippen molar-refractivity contribution in [1.82, 2.24) is 15.6 Å². The first-order valence-electron chi connectivity index (χ1n) is 8.95. The summed E-state index contributed by atoms with van der Waals surface area (Å²) in [5, 5.41) is 6.36. The van der Waals surface area contributed by atoms with E-state index in [9.17, 15) is 9.59 Å². The molecule has 1 aromatic heterocycles. The zero-order valence-electron chi connectivity index (χ0n) is 14.2. The Labute approximate surface area is 142 Å². The Morgan fingerprint density at radius 2 is 1.83 bits per heavy atom. The maximum Gasteiger partial charge on any atom is 0.226 e. The summed E-state index contributed by atoms with van der Waals surface area (Å²) in [5.41, 5.74) is 0.628. The molecule has 5 heteroatoms. The molecule has 0 spiro atoms. The van der Waals surface area contributed by atoms with Crippen molar-refractivity contribution < 1.29 is 9.59 Å². The predicted octanol–water partition coefficient (Wildman–Crippen LogP) is 2.17. The minimum Gasteiger partial charge on any atom is -0.352 e. The minimum absolute atomic E-state index is 0.0318. The number of aromatic nitrogens is 1. The number of pyridine rings is 1. The standard InChI is InChI=1S/C19H25N3O2/c1-13(23)22-19-9-15-6-16(10-19)8-18(7-15,12-19)17(24)21-11-14-2-4-20-5-3-14/h2-5,15-16H,6-12H2,1H3,(H,21,24)(H,22,23). The van der Waals surface area contributed by atoms with Gasteiger partial charge in [0, 0.05) is 31.4 Å². The summed E-state index contributed by atoms with van der Waals surface area (Å²) in [6.45, 7) is 2.14. The molecule has 1 heterocycles. The van der Waals surface area contributed by atoms with Crippen LogP contribution >= 0.6 is 0 Å². The second-order valence-corrected chi connectivity index (χ2v) is 8.24. The summed E-state index contributed by atoms with van der Waals surface area (Å²) in [5.74, 6) is 1.35. The number of carbonyl (C=O) groups is 2. The van der Waals surface area contributed by atoms with E-state index >= 15 is 0 Å². The van der Waals surface area contributed by atoms with Gasteiger partial charge >= 0.3 is 0 Å². The van der Waals surface area contributed by atoms with Gasteiger partial charge in [-0.2, -0.15) is 0 Å². The summed E-state index contributed by atoms with van der Waals surface area (Å²) in [7, 11) is 0. The van der Waals surface area contributed by atoms with E-state index in [1.54, 1.807) is 19.3 Å². The molecule has 0 saturated heterocycles. The van der Waals surface area contributed by atoms with Crippen molar-refractivity contribution in [2.45, 2.75) is 57.5 Å². The van der Waals surface area contributed by atoms with Crippen LogP contribution < -0.4 is 10.6 Å². The molecule has 0 aliphatic heterocycles. The number of carbonyl (C=O) groups excluding carboxylic acids is 2. The zero-order valence-corrected chi connectivity index (χ0v) is 14.2. The van der Waals surface area contributed by atoms with E-state index in [-0.39, 0.29) is 22.8 Å². The van der Waals surface area contributed by atoms with Crippen molar-refractivity contribution in [1.29, 1.82) is 0 Å². The summed E-state index contributed by atoms with van der Waals surface area (Å²) in [6, 6.07) is 3.86. The van der Waals surface area contributed by atoms with Gasteiger partial charge in [-0.25, -0.2) is 0 Å². The molecular formula is C19H25N3O2. The molecular weight excluding hydrogens is 302 g/mol. The lowest BCUT2D eigenvalue weighted by Crippen LogP contribution is -2.65. The van der Waals surface area contributed by atoms with Gasteiger partial charge in [-0.15, -0.1) is 0 Å². The Bertz CT molecular complexity index is 644. The Kier molecular flexibility index (Phi) is 3.62. The summed E-state index contributed by atoms with van der Waals surface area (Å²) >= 11 is 0. The van der Waals surface area contributed by atoms with Gasteiger partial charge in [-0.1, -0.05) is 0 Å². The molecule has 4 aliphatic rings. The summed E-state index contributed by atoms with van der Waals surface area (Å²) < 4.78 is 0. The van der Waals surface area contributed by atoms with Crippen molar-refractivity contribution in [3.8, 4) is 0 Å². The molecule has 1 aromatic rings. The second kappa shape index (κ2) is 5.57. The molecule has 2 amide bonds. The quantitative estimate of drug-likeness (QED) is 0.890. The van der Waals surface area contributed by atoms with E-state index in [0.717, 1.165) is 37.7 Å². The van der Waals surface area contributed by atoms with Gasteiger partial charge in [0.2, 0.25) is 11.8 Å². The van der Waals surface area contributed by atoms with Crippen LogP contribution in [-0.2, 0) is 16.1 Å². The van der Waals surface area contributed by atoms with Gasteiger partial charge < -0.3 is 10.6 Å². The molecule has 5 rings (SSSR count). The van der Waals surface area contributed by atoms with Crippen LogP contribution in [-0.4, -0.2) is 22.3 Å². The number of nitrogens with zero attached hydrogens (tertiary/aromatic N) is 1. The van der Waals surface area contributed by atoms with Crippen LogP contribution in [0, 0.1) is 17.3 Å². The Balaban J connectivity index is 1.51. The molecule has 128 valence electrons. The van der Waals surface area contributed by atoms with Crippen molar-refractivity contribution in [2.24, 2.45) is 17.3 Å². The highest BCUT2D eigenvalue weighted by Gasteiger charge is 2.60. The normalized spacial score (nSPS) is 36.4. The zero-order chi connectivity index (χ0) is 16.8. The van der Waals surface area contributed by atoms with Crippen molar-refractivity contribution in [2.75, 3.05) is 0 Å². The number of hydrogen-bond acceptors (Lipinski definition) is 3. The maximum atomic E-state index is 13.1. The fourth-order valence-corrected chi connectivity index (χ4v) is 5.92. The largest absolute Gasteiger partial charge is 0.352 e. The van der Waals surface area contributed by atoms with Crippen LogP contribution in [0.15, 0.2) is 24.5 Å². The Hall–Kier alpha value is -1.91. The third kappa shape index (κ3) is 2.70. The smallest absolute Gasteiger partial charge is 0.226 e. The highest BCUT2D eigenvalue weighted by Crippen LogP contribution is 2.61. The van der Waals surface area contributed by atoms with Crippen LogP contribution in [0.2, 0.25) is 0 Å². The number of nitrogens with one attached hydrogen (secondary N) is 2. The van der Waals surface area contributed by atoms with Crippen molar-refractivity contribution in [3.05, 3.63) is 30.1 Å². The lowest BCUT2D eigenvalue weighted by Gasteiger charge is -2.61. The highest BCUT2D eigenvalue weighted by molar-refractivity contribution is 5.84. The van der Waals surface area contributed by atoms with Crippen molar-refractivity contribution in [3.63, 3.8) is 0 Å². The summed E-state index contributed by atoms with van der Waals surface area (Å²) in [6.07, 6.45) is 9.57. The molecule has 2 atom stereocenters. The molecule has 0 aromatic carbocycles. The van der Waals surface area contributed by atoms with Gasteiger partial charge in [0.25, 0.3) is 0 Å². The van der Waals surface area contributed by atoms with Crippen LogP contribution in [0.1, 0.15) is 51.0 Å². The van der Waals surface area contributed by atoms with E-state index in [0.29, 0.717) is 18.4 Å². The van der Waals surface area contributed by atoms with E-state index in [1.807, 2.05) is 12.1 Å². The molecule has 4 bridgehead atoms. The predicted molar refractivity (Wildman–Crippen MR) is 89.7 cm³/mol. The average Bonchev–Trinajstić information content (AvgIpc) is 2.51. The molecule has 0 radical (unpaired) electrons. The van der Waals surface area contributed by atoms with Crippen LogP contribution in [0.25, 0.3) is 0 Å². The van der Waals surface area contributed by atoms with E-state index < -0.39 is 0 Å². The Morgan fingerprint density at radius 1 is 1.17 bits per heavy atom. The molecule has 24 heavy (non-hydrogen) atoms. The first kappa shape index (κ1) is 15.6. The van der Waals surface area contributed by atoms with Gasteiger partial charge in [-0.05, 0) is 68.1 Å². The SMILES string of the molecule is CC(=O)NC12CC3CC(C1)CC(C(=O)NCc1ccncc1)(C3)C2. The molecule has 5 nitrogen and oxygen atoms in total. The first-order valence-corrected chi connectivity index (χ1v) is 8.95. The van der Waals surface area contributed by atoms with Gasteiger partial charge in [0.15, 0.2) is 0 Å². The molecule has 4 fully saturated rings. The molecule has 2 unspecified atom stereocenters. The third-order valence-corrected chi connectivity index (χ3v) is 6.19.